The monoisotopic (exact) mass is 267 g/mol. The highest BCUT2D eigenvalue weighted by Crippen LogP contribution is 2.26. The van der Waals surface area contributed by atoms with Crippen LogP contribution in [0.15, 0.2) is 22.7 Å². The lowest BCUT2D eigenvalue weighted by molar-refractivity contribution is 0.417. The number of halogens is 2. The molecule has 0 amide bonds. The molecule has 0 radical (unpaired) electrons. The Morgan fingerprint density at radius 3 is 3.06 bits per heavy atom. The quantitative estimate of drug-likeness (QED) is 0.925. The lowest BCUT2D eigenvalue weighted by Crippen LogP contribution is -2.16. The van der Waals surface area contributed by atoms with Crippen LogP contribution in [-0.2, 0) is 6.54 Å². The summed E-state index contributed by atoms with van der Waals surface area (Å²) in [4.78, 5) is 4.14. The first-order valence-corrected chi connectivity index (χ1v) is 6.12. The van der Waals surface area contributed by atoms with Crippen LogP contribution in [0.4, 0.5) is 4.39 Å². The third-order valence-electron chi connectivity index (χ3n) is 2.78. The van der Waals surface area contributed by atoms with Crippen molar-refractivity contribution >= 4 is 11.6 Å². The van der Waals surface area contributed by atoms with E-state index in [-0.39, 0.29) is 16.5 Å². The van der Waals surface area contributed by atoms with Crippen LogP contribution in [0.2, 0.25) is 5.02 Å². The van der Waals surface area contributed by atoms with Gasteiger partial charge in [-0.05, 0) is 25.0 Å². The minimum absolute atomic E-state index is 0.0448. The van der Waals surface area contributed by atoms with Gasteiger partial charge in [0.1, 0.15) is 0 Å². The fourth-order valence-corrected chi connectivity index (χ4v) is 1.80. The molecule has 4 nitrogen and oxygen atoms in total. The minimum Gasteiger partial charge on any atom is -0.334 e. The number of aromatic nitrogens is 2. The maximum absolute atomic E-state index is 13.7. The summed E-state index contributed by atoms with van der Waals surface area (Å²) in [5, 5.41) is 7.11. The van der Waals surface area contributed by atoms with E-state index in [1.807, 2.05) is 0 Å². The van der Waals surface area contributed by atoms with Gasteiger partial charge in [-0.1, -0.05) is 22.8 Å². The van der Waals surface area contributed by atoms with Crippen molar-refractivity contribution in [3.8, 4) is 11.5 Å². The Hall–Kier alpha value is -1.46. The van der Waals surface area contributed by atoms with Gasteiger partial charge in [-0.3, -0.25) is 0 Å². The number of hydrogen-bond acceptors (Lipinski definition) is 4. The summed E-state index contributed by atoms with van der Waals surface area (Å²) in [6, 6.07) is 5.25. The van der Waals surface area contributed by atoms with Crippen LogP contribution in [0.5, 0.6) is 0 Å². The van der Waals surface area contributed by atoms with E-state index >= 15 is 0 Å². The largest absolute Gasteiger partial charge is 0.334 e. The van der Waals surface area contributed by atoms with Gasteiger partial charge < -0.3 is 9.84 Å². The molecule has 1 N–H and O–H groups in total. The third kappa shape index (κ3) is 2.37. The highest BCUT2D eigenvalue weighted by molar-refractivity contribution is 6.31. The fraction of sp³-hybridized carbons (Fsp3) is 0.333. The molecule has 2 aromatic rings. The zero-order valence-electron chi connectivity index (χ0n) is 9.49. The molecule has 1 heterocycles. The molecule has 94 valence electrons. The second-order valence-electron chi connectivity index (χ2n) is 4.27. The van der Waals surface area contributed by atoms with E-state index in [4.69, 9.17) is 16.1 Å². The van der Waals surface area contributed by atoms with Gasteiger partial charge in [-0.15, -0.1) is 0 Å². The first-order chi connectivity index (χ1) is 8.74. The zero-order valence-corrected chi connectivity index (χ0v) is 10.2. The normalized spacial score (nSPS) is 15.0. The first-order valence-electron chi connectivity index (χ1n) is 5.74. The highest BCUT2D eigenvalue weighted by Gasteiger charge is 2.21. The van der Waals surface area contributed by atoms with E-state index in [2.05, 4.69) is 15.5 Å². The molecule has 1 aromatic heterocycles. The molecule has 3 rings (SSSR count). The molecule has 6 heteroatoms. The van der Waals surface area contributed by atoms with Crippen LogP contribution in [0.1, 0.15) is 18.7 Å². The summed E-state index contributed by atoms with van der Waals surface area (Å²) in [7, 11) is 0. The van der Waals surface area contributed by atoms with Gasteiger partial charge >= 0.3 is 0 Å². The summed E-state index contributed by atoms with van der Waals surface area (Å²) in [6.45, 7) is 0.538. The molecule has 0 aliphatic heterocycles. The van der Waals surface area contributed by atoms with Crippen molar-refractivity contribution in [3.05, 3.63) is 34.9 Å². The van der Waals surface area contributed by atoms with Gasteiger partial charge in [0.15, 0.2) is 11.6 Å². The van der Waals surface area contributed by atoms with Crippen molar-refractivity contribution < 1.29 is 8.91 Å². The van der Waals surface area contributed by atoms with Crippen molar-refractivity contribution in [2.24, 2.45) is 0 Å². The second-order valence-corrected chi connectivity index (χ2v) is 4.68. The zero-order chi connectivity index (χ0) is 12.5. The molecule has 0 atom stereocenters. The molecular weight excluding hydrogens is 257 g/mol. The predicted molar refractivity (Wildman–Crippen MR) is 64.6 cm³/mol. The lowest BCUT2D eigenvalue weighted by Gasteiger charge is -1.98. The molecule has 0 saturated heterocycles. The van der Waals surface area contributed by atoms with E-state index in [0.29, 0.717) is 18.4 Å². The number of hydrogen-bond donors (Lipinski definition) is 1. The van der Waals surface area contributed by atoms with Crippen molar-refractivity contribution in [2.75, 3.05) is 0 Å². The van der Waals surface area contributed by atoms with Gasteiger partial charge in [0.05, 0.1) is 17.1 Å². The molecule has 0 bridgehead atoms. The molecule has 1 aliphatic carbocycles. The number of benzene rings is 1. The molecule has 1 aliphatic rings. The fourth-order valence-electron chi connectivity index (χ4n) is 1.63. The van der Waals surface area contributed by atoms with Crippen molar-refractivity contribution in [2.45, 2.75) is 25.4 Å². The molecule has 1 fully saturated rings. The first kappa shape index (κ1) is 11.6. The number of nitrogens with zero attached hydrogens (tertiary/aromatic N) is 2. The highest BCUT2D eigenvalue weighted by atomic mass is 35.5. The maximum Gasteiger partial charge on any atom is 0.261 e. The Kier molecular flexibility index (Phi) is 3.01. The summed E-state index contributed by atoms with van der Waals surface area (Å²) >= 11 is 5.70. The van der Waals surface area contributed by atoms with E-state index in [0.717, 1.165) is 0 Å². The summed E-state index contributed by atoms with van der Waals surface area (Å²) in [5.41, 5.74) is 0.229. The van der Waals surface area contributed by atoms with Crippen molar-refractivity contribution in [1.29, 1.82) is 0 Å². The molecule has 1 aromatic carbocycles. The Bertz CT molecular complexity index is 568. The molecule has 0 spiro atoms. The SMILES string of the molecule is Fc1c(Cl)cccc1-c1nc(CNC2CC2)no1. The van der Waals surface area contributed by atoms with Crippen molar-refractivity contribution in [3.63, 3.8) is 0 Å². The predicted octanol–water partition coefficient (Wildman–Crippen LogP) is 2.78. The van der Waals surface area contributed by atoms with Gasteiger partial charge in [-0.2, -0.15) is 4.98 Å². The summed E-state index contributed by atoms with van der Waals surface area (Å²) < 4.78 is 18.8. The second kappa shape index (κ2) is 4.66. The van der Waals surface area contributed by atoms with Gasteiger partial charge in [0, 0.05) is 6.04 Å². The summed E-state index contributed by atoms with van der Waals surface area (Å²) in [5.74, 6) is 0.142. The summed E-state index contributed by atoms with van der Waals surface area (Å²) in [6.07, 6.45) is 2.38. The number of rotatable bonds is 4. The van der Waals surface area contributed by atoms with Crippen molar-refractivity contribution in [1.82, 2.24) is 15.5 Å². The topological polar surface area (TPSA) is 51.0 Å². The minimum atomic E-state index is -0.537. The average Bonchev–Trinajstić information content (AvgIpc) is 3.08. The van der Waals surface area contributed by atoms with E-state index in [1.165, 1.54) is 18.9 Å². The Labute approximate surface area is 108 Å². The molecular formula is C12H11ClFN3O. The maximum atomic E-state index is 13.7. The smallest absolute Gasteiger partial charge is 0.261 e. The number of nitrogens with one attached hydrogen (secondary N) is 1. The molecule has 1 saturated carbocycles. The molecule has 18 heavy (non-hydrogen) atoms. The van der Waals surface area contributed by atoms with E-state index in [1.54, 1.807) is 12.1 Å². The standard InChI is InChI=1S/C12H11ClFN3O/c13-9-3-1-2-8(11(9)14)12-16-10(17-18-12)6-15-7-4-5-7/h1-3,7,15H,4-6H2. The van der Waals surface area contributed by atoms with Gasteiger partial charge in [0.2, 0.25) is 0 Å². The third-order valence-corrected chi connectivity index (χ3v) is 3.07. The Morgan fingerprint density at radius 1 is 1.44 bits per heavy atom. The Balaban J connectivity index is 1.80. The van der Waals surface area contributed by atoms with E-state index in [9.17, 15) is 4.39 Å². The van der Waals surface area contributed by atoms with Crippen LogP contribution in [-0.4, -0.2) is 16.2 Å². The Morgan fingerprint density at radius 2 is 2.28 bits per heavy atom. The van der Waals surface area contributed by atoms with Crippen LogP contribution in [0.3, 0.4) is 0 Å². The van der Waals surface area contributed by atoms with E-state index < -0.39 is 5.82 Å². The van der Waals surface area contributed by atoms with Crippen LogP contribution >= 0.6 is 11.6 Å². The molecule has 0 unspecified atom stereocenters. The lowest BCUT2D eigenvalue weighted by atomic mass is 10.2. The van der Waals surface area contributed by atoms with Crippen LogP contribution in [0.25, 0.3) is 11.5 Å². The average molecular weight is 268 g/mol. The van der Waals surface area contributed by atoms with Gasteiger partial charge in [-0.25, -0.2) is 4.39 Å². The van der Waals surface area contributed by atoms with Crippen LogP contribution in [0, 0.1) is 5.82 Å². The van der Waals surface area contributed by atoms with Crippen LogP contribution < -0.4 is 5.32 Å². The van der Waals surface area contributed by atoms with Gasteiger partial charge in [0.25, 0.3) is 5.89 Å².